The van der Waals surface area contributed by atoms with Gasteiger partial charge in [-0.25, -0.2) is 0 Å². The van der Waals surface area contributed by atoms with E-state index in [9.17, 15) is 0 Å². The minimum Gasteiger partial charge on any atom is -0.496 e. The molecule has 0 unspecified atom stereocenters. The van der Waals surface area contributed by atoms with Gasteiger partial charge in [-0.15, -0.1) is 0 Å². The summed E-state index contributed by atoms with van der Waals surface area (Å²) in [5.41, 5.74) is 3.11. The molecule has 1 aromatic carbocycles. The topological polar surface area (TPSA) is 40.8 Å². The number of methoxy groups -OCH3 is 1. The van der Waals surface area contributed by atoms with Crippen LogP contribution < -0.4 is 4.74 Å². The molecule has 0 saturated heterocycles. The lowest BCUT2D eigenvalue weighted by atomic mass is 10.2. The smallest absolute Gasteiger partial charge is 0.175 e. The molecule has 2 rings (SSSR count). The fraction of sp³-hybridized carbons (Fsp3) is 0.222. The van der Waals surface area contributed by atoms with Gasteiger partial charge in [0.2, 0.25) is 0 Å². The molecule has 4 heteroatoms. The van der Waals surface area contributed by atoms with Crippen LogP contribution in [0, 0.1) is 11.7 Å². The number of H-pyrrole nitrogens is 2. The van der Waals surface area contributed by atoms with Crippen molar-refractivity contribution < 1.29 is 4.74 Å². The summed E-state index contributed by atoms with van der Waals surface area (Å²) in [7, 11) is 1.66. The van der Waals surface area contributed by atoms with Crippen LogP contribution in [-0.4, -0.2) is 17.1 Å². The normalized spacial score (nSPS) is 10.6. The number of aromatic amines is 2. The summed E-state index contributed by atoms with van der Waals surface area (Å²) in [6, 6.07) is 3.88. The van der Waals surface area contributed by atoms with Gasteiger partial charge < -0.3 is 14.7 Å². The van der Waals surface area contributed by atoms with Crippen LogP contribution in [0.15, 0.2) is 12.1 Å². The Balaban J connectivity index is 2.85. The molecule has 2 N–H and O–H groups in total. The quantitative estimate of drug-likeness (QED) is 0.685. The predicted octanol–water partition coefficient (Wildman–Crippen LogP) is 2.54. The minimum atomic E-state index is 0.645. The van der Waals surface area contributed by atoms with E-state index in [1.54, 1.807) is 7.11 Å². The lowest BCUT2D eigenvalue weighted by Crippen LogP contribution is -1.87. The van der Waals surface area contributed by atoms with E-state index in [-0.39, 0.29) is 0 Å². The molecule has 0 atom stereocenters. The molecule has 68 valence electrons. The van der Waals surface area contributed by atoms with Gasteiger partial charge in [0.25, 0.3) is 0 Å². The Labute approximate surface area is 80.7 Å². The average Bonchev–Trinajstić information content (AvgIpc) is 2.47. The third-order valence-corrected chi connectivity index (χ3v) is 2.33. The molecule has 0 aliphatic heterocycles. The number of imidazole rings is 1. The van der Waals surface area contributed by atoms with Gasteiger partial charge in [0.15, 0.2) is 4.77 Å². The molecule has 1 aromatic heterocycles. The fourth-order valence-electron chi connectivity index (χ4n) is 1.45. The summed E-state index contributed by atoms with van der Waals surface area (Å²) in [4.78, 5) is 6.13. The number of ether oxygens (including phenoxy) is 1. The second-order valence-electron chi connectivity index (χ2n) is 2.89. The second kappa shape index (κ2) is 2.88. The predicted molar refractivity (Wildman–Crippen MR) is 54.8 cm³/mol. The third kappa shape index (κ3) is 1.23. The van der Waals surface area contributed by atoms with Crippen LogP contribution in [0.4, 0.5) is 0 Å². The summed E-state index contributed by atoms with van der Waals surface area (Å²) in [5.74, 6) is 0.873. The highest BCUT2D eigenvalue weighted by Gasteiger charge is 2.04. The Morgan fingerprint density at radius 3 is 2.77 bits per heavy atom. The van der Waals surface area contributed by atoms with Crippen molar-refractivity contribution in [2.45, 2.75) is 6.92 Å². The SMILES string of the molecule is COc1ccc2[nH]c(=S)[nH]c2c1C. The summed E-state index contributed by atoms with van der Waals surface area (Å²) in [6.07, 6.45) is 0. The largest absolute Gasteiger partial charge is 0.496 e. The number of aryl methyl sites for hydroxylation is 1. The molecule has 0 spiro atoms. The van der Waals surface area contributed by atoms with Crippen molar-refractivity contribution in [1.29, 1.82) is 0 Å². The highest BCUT2D eigenvalue weighted by atomic mass is 32.1. The molecule has 2 aromatic rings. The summed E-state index contributed by atoms with van der Waals surface area (Å²) >= 11 is 5.00. The number of fused-ring (bicyclic) bond motifs is 1. The first-order valence-electron chi connectivity index (χ1n) is 3.98. The number of hydrogen-bond acceptors (Lipinski definition) is 2. The Morgan fingerprint density at radius 2 is 2.08 bits per heavy atom. The Morgan fingerprint density at radius 1 is 1.31 bits per heavy atom. The van der Waals surface area contributed by atoms with E-state index in [0.717, 1.165) is 22.3 Å². The zero-order valence-corrected chi connectivity index (χ0v) is 8.29. The third-order valence-electron chi connectivity index (χ3n) is 2.12. The molecule has 0 aliphatic carbocycles. The van der Waals surface area contributed by atoms with E-state index in [4.69, 9.17) is 17.0 Å². The molecule has 0 fully saturated rings. The maximum absolute atomic E-state index is 5.19. The van der Waals surface area contributed by atoms with Crippen molar-refractivity contribution in [2.75, 3.05) is 7.11 Å². The van der Waals surface area contributed by atoms with Gasteiger partial charge >= 0.3 is 0 Å². The van der Waals surface area contributed by atoms with Gasteiger partial charge in [-0.2, -0.15) is 0 Å². The van der Waals surface area contributed by atoms with Crippen LogP contribution in [0.2, 0.25) is 0 Å². The summed E-state index contributed by atoms with van der Waals surface area (Å²) in [6.45, 7) is 2.00. The first kappa shape index (κ1) is 8.31. The number of nitrogens with one attached hydrogen (secondary N) is 2. The molecule has 1 heterocycles. The standard InChI is InChI=1S/C9H10N2OS/c1-5-7(12-2)4-3-6-8(5)11-9(13)10-6/h3-4H,1-2H3,(H2,10,11,13). The van der Waals surface area contributed by atoms with Gasteiger partial charge in [-0.3, -0.25) is 0 Å². The monoisotopic (exact) mass is 194 g/mol. The number of rotatable bonds is 1. The molecule has 0 amide bonds. The average molecular weight is 194 g/mol. The maximum atomic E-state index is 5.19. The van der Waals surface area contributed by atoms with Crippen LogP contribution in [-0.2, 0) is 0 Å². The van der Waals surface area contributed by atoms with E-state index in [1.165, 1.54) is 0 Å². The van der Waals surface area contributed by atoms with Crippen molar-refractivity contribution in [3.8, 4) is 5.75 Å². The van der Waals surface area contributed by atoms with Gasteiger partial charge in [-0.1, -0.05) is 0 Å². The summed E-state index contributed by atoms with van der Waals surface area (Å²) < 4.78 is 5.84. The molecule has 13 heavy (non-hydrogen) atoms. The van der Waals surface area contributed by atoms with E-state index in [2.05, 4.69) is 9.97 Å². The highest BCUT2D eigenvalue weighted by Crippen LogP contribution is 2.24. The molecular weight excluding hydrogens is 184 g/mol. The Kier molecular flexibility index (Phi) is 1.84. The van der Waals surface area contributed by atoms with Crippen molar-refractivity contribution in [3.05, 3.63) is 22.5 Å². The highest BCUT2D eigenvalue weighted by molar-refractivity contribution is 7.71. The zero-order valence-electron chi connectivity index (χ0n) is 7.47. The number of benzene rings is 1. The van der Waals surface area contributed by atoms with Crippen molar-refractivity contribution in [1.82, 2.24) is 9.97 Å². The van der Waals surface area contributed by atoms with Crippen molar-refractivity contribution in [3.63, 3.8) is 0 Å². The molecule has 0 bridgehead atoms. The van der Waals surface area contributed by atoms with E-state index >= 15 is 0 Å². The summed E-state index contributed by atoms with van der Waals surface area (Å²) in [5, 5.41) is 0. The Bertz CT molecular complexity index is 498. The number of hydrogen-bond donors (Lipinski definition) is 2. The molecule has 0 radical (unpaired) electrons. The van der Waals surface area contributed by atoms with Crippen LogP contribution in [0.1, 0.15) is 5.56 Å². The molecule has 0 aliphatic rings. The fourth-order valence-corrected chi connectivity index (χ4v) is 1.66. The van der Waals surface area contributed by atoms with Gasteiger partial charge in [0, 0.05) is 5.56 Å². The van der Waals surface area contributed by atoms with Gasteiger partial charge in [-0.05, 0) is 31.3 Å². The first-order chi connectivity index (χ1) is 6.22. The van der Waals surface area contributed by atoms with Crippen LogP contribution in [0.5, 0.6) is 5.75 Å². The van der Waals surface area contributed by atoms with Gasteiger partial charge in [0.1, 0.15) is 5.75 Å². The van der Waals surface area contributed by atoms with Crippen molar-refractivity contribution >= 4 is 23.3 Å². The van der Waals surface area contributed by atoms with Crippen LogP contribution in [0.25, 0.3) is 11.0 Å². The lowest BCUT2D eigenvalue weighted by Gasteiger charge is -2.03. The Hall–Kier alpha value is -1.29. The number of aromatic nitrogens is 2. The first-order valence-corrected chi connectivity index (χ1v) is 4.39. The van der Waals surface area contributed by atoms with Gasteiger partial charge in [0.05, 0.1) is 18.1 Å². The minimum absolute atomic E-state index is 0.645. The molecule has 3 nitrogen and oxygen atoms in total. The van der Waals surface area contributed by atoms with E-state index in [0.29, 0.717) is 4.77 Å². The van der Waals surface area contributed by atoms with Crippen LogP contribution >= 0.6 is 12.2 Å². The zero-order chi connectivity index (χ0) is 9.42. The van der Waals surface area contributed by atoms with Crippen LogP contribution in [0.3, 0.4) is 0 Å². The molecular formula is C9H10N2OS. The maximum Gasteiger partial charge on any atom is 0.175 e. The van der Waals surface area contributed by atoms with E-state index in [1.807, 2.05) is 19.1 Å². The second-order valence-corrected chi connectivity index (χ2v) is 3.30. The lowest BCUT2D eigenvalue weighted by molar-refractivity contribution is 0.412. The molecule has 0 saturated carbocycles. The van der Waals surface area contributed by atoms with Crippen molar-refractivity contribution in [2.24, 2.45) is 0 Å². The van der Waals surface area contributed by atoms with E-state index < -0.39 is 0 Å².